The lowest BCUT2D eigenvalue weighted by Gasteiger charge is -2.24. The summed E-state index contributed by atoms with van der Waals surface area (Å²) in [6.45, 7) is 6.42. The summed E-state index contributed by atoms with van der Waals surface area (Å²) in [5.41, 5.74) is 6.77. The van der Waals surface area contributed by atoms with E-state index in [9.17, 15) is 10.1 Å². The molecule has 0 spiro atoms. The molecule has 0 aromatic carbocycles. The van der Waals surface area contributed by atoms with Crippen LogP contribution in [0.3, 0.4) is 0 Å². The third-order valence-electron chi connectivity index (χ3n) is 3.60. The van der Waals surface area contributed by atoms with E-state index in [0.29, 0.717) is 6.54 Å². The molecule has 1 atom stereocenters. The van der Waals surface area contributed by atoms with Crippen LogP contribution in [-0.4, -0.2) is 29.5 Å². The first-order chi connectivity index (χ1) is 8.45. The van der Waals surface area contributed by atoms with Gasteiger partial charge in [-0.25, -0.2) is 4.98 Å². The largest absolute Gasteiger partial charge is 0.356 e. The Labute approximate surface area is 106 Å². The molecule has 0 aliphatic carbocycles. The molecule has 6 heteroatoms. The molecule has 0 saturated carbocycles. The highest BCUT2D eigenvalue weighted by atomic mass is 16.6. The van der Waals surface area contributed by atoms with Gasteiger partial charge in [-0.05, 0) is 30.9 Å². The molecule has 2 heterocycles. The molecular formula is C12H18N4O2. The van der Waals surface area contributed by atoms with Gasteiger partial charge in [-0.15, -0.1) is 0 Å². The fourth-order valence-corrected chi connectivity index (χ4v) is 2.35. The van der Waals surface area contributed by atoms with Gasteiger partial charge in [0.15, 0.2) is 0 Å². The molecule has 0 radical (unpaired) electrons. The van der Waals surface area contributed by atoms with Crippen LogP contribution in [0.1, 0.15) is 18.9 Å². The molecular weight excluding hydrogens is 232 g/mol. The number of rotatable bonds is 3. The van der Waals surface area contributed by atoms with Crippen LogP contribution in [0.25, 0.3) is 0 Å². The Kier molecular flexibility index (Phi) is 3.21. The second-order valence-electron chi connectivity index (χ2n) is 5.28. The zero-order chi connectivity index (χ0) is 13.3. The van der Waals surface area contributed by atoms with Crippen LogP contribution in [0.2, 0.25) is 0 Å². The maximum Gasteiger partial charge on any atom is 0.287 e. The maximum atomic E-state index is 10.7. The van der Waals surface area contributed by atoms with E-state index in [2.05, 4.69) is 16.8 Å². The Morgan fingerprint density at radius 1 is 1.67 bits per heavy atom. The van der Waals surface area contributed by atoms with E-state index in [1.165, 1.54) is 6.20 Å². The van der Waals surface area contributed by atoms with Crippen LogP contribution < -0.4 is 10.6 Å². The number of aromatic nitrogens is 1. The topological polar surface area (TPSA) is 85.3 Å². The molecule has 2 rings (SSSR count). The Balaban J connectivity index is 2.23. The van der Waals surface area contributed by atoms with E-state index < -0.39 is 4.92 Å². The van der Waals surface area contributed by atoms with Crippen LogP contribution in [0, 0.1) is 22.5 Å². The fraction of sp³-hybridized carbons (Fsp3) is 0.583. The average Bonchev–Trinajstić information content (AvgIpc) is 2.72. The minimum absolute atomic E-state index is 0.0389. The minimum atomic E-state index is -0.419. The van der Waals surface area contributed by atoms with Gasteiger partial charge in [0.25, 0.3) is 5.69 Å². The highest BCUT2D eigenvalue weighted by Gasteiger charge is 2.33. The predicted molar refractivity (Wildman–Crippen MR) is 69.6 cm³/mol. The number of nitrogens with two attached hydrogens (primary N) is 1. The van der Waals surface area contributed by atoms with Crippen molar-refractivity contribution in [1.29, 1.82) is 0 Å². The number of nitrogens with zero attached hydrogens (tertiary/aromatic N) is 3. The summed E-state index contributed by atoms with van der Waals surface area (Å²) >= 11 is 0. The maximum absolute atomic E-state index is 10.7. The molecule has 0 amide bonds. The van der Waals surface area contributed by atoms with E-state index in [1.54, 1.807) is 6.07 Å². The molecule has 1 aromatic rings. The number of aryl methyl sites for hydroxylation is 1. The first-order valence-electron chi connectivity index (χ1n) is 6.01. The van der Waals surface area contributed by atoms with E-state index in [0.717, 1.165) is 30.9 Å². The standard InChI is InChI=1S/C12H18N4O2/c1-9-5-10(16(17)18)6-14-11(9)15-4-3-12(2,7-13)8-15/h5-6H,3-4,7-8,13H2,1-2H3. The number of nitro groups is 1. The summed E-state index contributed by atoms with van der Waals surface area (Å²) in [7, 11) is 0. The number of hydrogen-bond donors (Lipinski definition) is 1. The van der Waals surface area contributed by atoms with Gasteiger partial charge >= 0.3 is 0 Å². The molecule has 1 fully saturated rings. The zero-order valence-electron chi connectivity index (χ0n) is 10.7. The normalized spacial score (nSPS) is 23.4. The monoisotopic (exact) mass is 250 g/mol. The van der Waals surface area contributed by atoms with Crippen molar-refractivity contribution in [2.45, 2.75) is 20.3 Å². The fourth-order valence-electron chi connectivity index (χ4n) is 2.35. The molecule has 1 unspecified atom stereocenters. The van der Waals surface area contributed by atoms with Crippen LogP contribution in [0.4, 0.5) is 11.5 Å². The Bertz CT molecular complexity index is 477. The highest BCUT2D eigenvalue weighted by molar-refractivity contribution is 5.51. The zero-order valence-corrected chi connectivity index (χ0v) is 10.7. The van der Waals surface area contributed by atoms with E-state index in [4.69, 9.17) is 5.73 Å². The van der Waals surface area contributed by atoms with E-state index >= 15 is 0 Å². The SMILES string of the molecule is Cc1cc([N+](=O)[O-])cnc1N1CCC(C)(CN)C1. The van der Waals surface area contributed by atoms with Gasteiger partial charge in [-0.3, -0.25) is 10.1 Å². The van der Waals surface area contributed by atoms with Gasteiger partial charge in [0.05, 0.1) is 4.92 Å². The average molecular weight is 250 g/mol. The minimum Gasteiger partial charge on any atom is -0.356 e. The molecule has 1 aliphatic heterocycles. The third kappa shape index (κ3) is 2.28. The predicted octanol–water partition coefficient (Wildman–Crippen LogP) is 1.47. The quantitative estimate of drug-likeness (QED) is 0.648. The Hall–Kier alpha value is -1.69. The molecule has 0 bridgehead atoms. The van der Waals surface area contributed by atoms with Crippen LogP contribution in [-0.2, 0) is 0 Å². The summed E-state index contributed by atoms with van der Waals surface area (Å²) in [5, 5.41) is 10.7. The Morgan fingerprint density at radius 3 is 2.89 bits per heavy atom. The Morgan fingerprint density at radius 2 is 2.39 bits per heavy atom. The smallest absolute Gasteiger partial charge is 0.287 e. The van der Waals surface area contributed by atoms with Gasteiger partial charge in [-0.1, -0.05) is 6.92 Å². The molecule has 1 aromatic heterocycles. The van der Waals surface area contributed by atoms with Crippen LogP contribution in [0.15, 0.2) is 12.3 Å². The van der Waals surface area contributed by atoms with Crippen molar-refractivity contribution in [2.75, 3.05) is 24.5 Å². The lowest BCUT2D eigenvalue weighted by molar-refractivity contribution is -0.385. The second-order valence-corrected chi connectivity index (χ2v) is 5.28. The van der Waals surface area contributed by atoms with Crippen molar-refractivity contribution in [3.63, 3.8) is 0 Å². The summed E-state index contributed by atoms with van der Waals surface area (Å²) in [6, 6.07) is 1.57. The van der Waals surface area contributed by atoms with Gasteiger partial charge < -0.3 is 10.6 Å². The van der Waals surface area contributed by atoms with Gasteiger partial charge in [0.1, 0.15) is 12.0 Å². The van der Waals surface area contributed by atoms with Crippen molar-refractivity contribution in [3.05, 3.63) is 27.9 Å². The van der Waals surface area contributed by atoms with E-state index in [-0.39, 0.29) is 11.1 Å². The third-order valence-corrected chi connectivity index (χ3v) is 3.60. The highest BCUT2D eigenvalue weighted by Crippen LogP contribution is 2.33. The number of anilines is 1. The lowest BCUT2D eigenvalue weighted by Crippen LogP contribution is -2.31. The second kappa shape index (κ2) is 4.53. The lowest BCUT2D eigenvalue weighted by atomic mass is 9.90. The van der Waals surface area contributed by atoms with Crippen LogP contribution in [0.5, 0.6) is 0 Å². The van der Waals surface area contributed by atoms with Crippen molar-refractivity contribution in [3.8, 4) is 0 Å². The van der Waals surface area contributed by atoms with Crippen molar-refractivity contribution in [1.82, 2.24) is 4.98 Å². The van der Waals surface area contributed by atoms with Crippen molar-refractivity contribution < 1.29 is 4.92 Å². The molecule has 6 nitrogen and oxygen atoms in total. The first kappa shape index (κ1) is 12.8. The molecule has 1 saturated heterocycles. The van der Waals surface area contributed by atoms with Crippen LogP contribution >= 0.6 is 0 Å². The summed E-state index contributed by atoms with van der Waals surface area (Å²) in [4.78, 5) is 16.6. The number of pyridine rings is 1. The van der Waals surface area contributed by atoms with Gasteiger partial charge in [0.2, 0.25) is 0 Å². The first-order valence-corrected chi connectivity index (χ1v) is 6.01. The molecule has 98 valence electrons. The molecule has 2 N–H and O–H groups in total. The summed E-state index contributed by atoms with van der Waals surface area (Å²) < 4.78 is 0. The summed E-state index contributed by atoms with van der Waals surface area (Å²) in [6.07, 6.45) is 2.35. The van der Waals surface area contributed by atoms with Gasteiger partial charge in [0, 0.05) is 19.2 Å². The molecule has 1 aliphatic rings. The van der Waals surface area contributed by atoms with E-state index in [1.807, 2.05) is 6.92 Å². The summed E-state index contributed by atoms with van der Waals surface area (Å²) in [5.74, 6) is 0.831. The van der Waals surface area contributed by atoms with Gasteiger partial charge in [-0.2, -0.15) is 0 Å². The molecule has 18 heavy (non-hydrogen) atoms. The number of hydrogen-bond acceptors (Lipinski definition) is 5. The van der Waals surface area contributed by atoms with Crippen molar-refractivity contribution in [2.24, 2.45) is 11.1 Å². The van der Waals surface area contributed by atoms with Crippen molar-refractivity contribution >= 4 is 11.5 Å².